The van der Waals surface area contributed by atoms with Crippen molar-refractivity contribution in [2.45, 2.75) is 10.8 Å². The van der Waals surface area contributed by atoms with Gasteiger partial charge in [-0.2, -0.15) is 13.5 Å². The summed E-state index contributed by atoms with van der Waals surface area (Å²) in [6, 6.07) is 4.38. The van der Waals surface area contributed by atoms with E-state index in [-0.39, 0.29) is 16.8 Å². The molecule has 0 aliphatic heterocycles. The Bertz CT molecular complexity index is 244. The smallest absolute Gasteiger partial charge is 0.294 e. The summed E-state index contributed by atoms with van der Waals surface area (Å²) >= 11 is 0.242. The maximum atomic E-state index is 11.7. The normalized spacial score (nSPS) is 10.5. The van der Waals surface area contributed by atoms with E-state index in [0.717, 1.165) is 0 Å². The fourth-order valence-corrected chi connectivity index (χ4v) is 1.10. The SMILES string of the molecule is [O-][n+]1ccccc1SC(F)F. The maximum Gasteiger partial charge on any atom is 0.294 e. The third-order valence-corrected chi connectivity index (χ3v) is 1.73. The monoisotopic (exact) mass is 177 g/mol. The first-order chi connectivity index (χ1) is 5.20. The fraction of sp³-hybridized carbons (Fsp3) is 0.167. The lowest BCUT2D eigenvalue weighted by Gasteiger charge is -2.00. The highest BCUT2D eigenvalue weighted by molar-refractivity contribution is 7.99. The van der Waals surface area contributed by atoms with Crippen LogP contribution in [0.4, 0.5) is 8.78 Å². The lowest BCUT2D eigenvalue weighted by molar-refractivity contribution is -0.645. The number of rotatable bonds is 2. The van der Waals surface area contributed by atoms with Crippen molar-refractivity contribution in [1.82, 2.24) is 0 Å². The molecular weight excluding hydrogens is 172 g/mol. The predicted molar refractivity (Wildman–Crippen MR) is 37.3 cm³/mol. The standard InChI is InChI=1S/C6H5F2NOS/c7-6(8)11-5-3-1-2-4-9(5)10/h1-4,6H. The first-order valence-corrected chi connectivity index (χ1v) is 3.71. The Hall–Kier alpha value is -0.840. The Morgan fingerprint density at radius 1 is 1.45 bits per heavy atom. The number of pyridine rings is 1. The molecule has 11 heavy (non-hydrogen) atoms. The van der Waals surface area contributed by atoms with E-state index < -0.39 is 5.76 Å². The Morgan fingerprint density at radius 3 is 2.73 bits per heavy atom. The number of hydrogen-bond acceptors (Lipinski definition) is 2. The van der Waals surface area contributed by atoms with Gasteiger partial charge in [-0.15, -0.1) is 0 Å². The molecule has 0 saturated heterocycles. The number of hydrogen-bond donors (Lipinski definition) is 0. The molecule has 0 atom stereocenters. The number of nitrogens with zero attached hydrogens (tertiary/aromatic N) is 1. The van der Waals surface area contributed by atoms with Crippen LogP contribution in [0.15, 0.2) is 29.4 Å². The van der Waals surface area contributed by atoms with Gasteiger partial charge < -0.3 is 5.21 Å². The van der Waals surface area contributed by atoms with E-state index in [4.69, 9.17) is 0 Å². The van der Waals surface area contributed by atoms with E-state index in [0.29, 0.717) is 4.73 Å². The summed E-state index contributed by atoms with van der Waals surface area (Å²) in [6.45, 7) is 0. The molecule has 0 bridgehead atoms. The minimum absolute atomic E-state index is 0.0162. The lowest BCUT2D eigenvalue weighted by Crippen LogP contribution is -2.27. The van der Waals surface area contributed by atoms with Crippen LogP contribution in [0.1, 0.15) is 0 Å². The van der Waals surface area contributed by atoms with Gasteiger partial charge in [0.1, 0.15) is 0 Å². The molecule has 0 unspecified atom stereocenters. The third kappa shape index (κ3) is 2.34. The zero-order valence-corrected chi connectivity index (χ0v) is 6.22. The molecule has 0 amide bonds. The van der Waals surface area contributed by atoms with Crippen molar-refractivity contribution < 1.29 is 13.5 Å². The summed E-state index contributed by atoms with van der Waals surface area (Å²) in [5.41, 5.74) is 0. The molecule has 0 N–H and O–H groups in total. The summed E-state index contributed by atoms with van der Waals surface area (Å²) in [7, 11) is 0. The molecule has 1 rings (SSSR count). The van der Waals surface area contributed by atoms with E-state index in [2.05, 4.69) is 0 Å². The number of alkyl halides is 2. The van der Waals surface area contributed by atoms with Crippen LogP contribution in [0.5, 0.6) is 0 Å². The van der Waals surface area contributed by atoms with Gasteiger partial charge in [0.05, 0.1) is 0 Å². The van der Waals surface area contributed by atoms with E-state index in [1.54, 1.807) is 6.07 Å². The fourth-order valence-electron chi connectivity index (χ4n) is 0.595. The van der Waals surface area contributed by atoms with Crippen LogP contribution < -0.4 is 4.73 Å². The minimum atomic E-state index is -2.54. The predicted octanol–water partition coefficient (Wildman–Crippen LogP) is 1.63. The van der Waals surface area contributed by atoms with E-state index in [9.17, 15) is 14.0 Å². The molecule has 1 heterocycles. The molecule has 5 heteroatoms. The van der Waals surface area contributed by atoms with Crippen LogP contribution >= 0.6 is 11.8 Å². The summed E-state index contributed by atoms with van der Waals surface area (Å²) in [5, 5.41) is 10.7. The highest BCUT2D eigenvalue weighted by atomic mass is 32.2. The maximum absolute atomic E-state index is 11.7. The second kappa shape index (κ2) is 3.52. The van der Waals surface area contributed by atoms with Crippen molar-refractivity contribution >= 4 is 11.8 Å². The van der Waals surface area contributed by atoms with E-state index >= 15 is 0 Å². The second-order valence-electron chi connectivity index (χ2n) is 1.74. The van der Waals surface area contributed by atoms with Crippen molar-refractivity contribution in [1.29, 1.82) is 0 Å². The molecule has 0 spiro atoms. The molecule has 0 aliphatic rings. The van der Waals surface area contributed by atoms with Gasteiger partial charge in [-0.3, -0.25) is 0 Å². The number of aromatic nitrogens is 1. The molecule has 2 nitrogen and oxygen atoms in total. The van der Waals surface area contributed by atoms with Crippen LogP contribution in [0.3, 0.4) is 0 Å². The second-order valence-corrected chi connectivity index (χ2v) is 2.75. The zero-order chi connectivity index (χ0) is 8.27. The van der Waals surface area contributed by atoms with Gasteiger partial charge in [0, 0.05) is 23.9 Å². The molecule has 1 aromatic rings. The quantitative estimate of drug-likeness (QED) is 0.390. The lowest BCUT2D eigenvalue weighted by atomic mass is 10.5. The van der Waals surface area contributed by atoms with Crippen molar-refractivity contribution in [2.75, 3.05) is 0 Å². The van der Waals surface area contributed by atoms with E-state index in [1.165, 1.54) is 18.3 Å². The first-order valence-electron chi connectivity index (χ1n) is 2.83. The summed E-state index contributed by atoms with van der Waals surface area (Å²) < 4.78 is 23.8. The highest BCUT2D eigenvalue weighted by Crippen LogP contribution is 2.20. The summed E-state index contributed by atoms with van der Waals surface area (Å²) in [4.78, 5) is 0. The third-order valence-electron chi connectivity index (χ3n) is 0.998. The molecular formula is C6H5F2NOS. The van der Waals surface area contributed by atoms with Crippen molar-refractivity contribution in [2.24, 2.45) is 0 Å². The van der Waals surface area contributed by atoms with Crippen LogP contribution in [0.25, 0.3) is 0 Å². The molecule has 60 valence electrons. The largest absolute Gasteiger partial charge is 0.618 e. The zero-order valence-electron chi connectivity index (χ0n) is 5.41. The van der Waals surface area contributed by atoms with Gasteiger partial charge in [-0.05, 0) is 6.07 Å². The Morgan fingerprint density at radius 2 is 2.18 bits per heavy atom. The van der Waals surface area contributed by atoms with Crippen LogP contribution in [0.2, 0.25) is 0 Å². The summed E-state index contributed by atoms with van der Waals surface area (Å²) in [5.74, 6) is -2.54. The number of halogens is 2. The van der Waals surface area contributed by atoms with Gasteiger partial charge in [0.25, 0.3) is 10.8 Å². The van der Waals surface area contributed by atoms with E-state index in [1.807, 2.05) is 0 Å². The molecule has 0 saturated carbocycles. The Labute approximate surface area is 66.4 Å². The van der Waals surface area contributed by atoms with Crippen LogP contribution in [-0.2, 0) is 0 Å². The van der Waals surface area contributed by atoms with Crippen LogP contribution in [-0.4, -0.2) is 5.76 Å². The van der Waals surface area contributed by atoms with Gasteiger partial charge >= 0.3 is 0 Å². The highest BCUT2D eigenvalue weighted by Gasteiger charge is 2.11. The van der Waals surface area contributed by atoms with Crippen molar-refractivity contribution in [3.05, 3.63) is 29.6 Å². The minimum Gasteiger partial charge on any atom is -0.618 e. The Balaban J connectivity index is 2.78. The number of thioether (sulfide) groups is 1. The topological polar surface area (TPSA) is 26.9 Å². The average Bonchev–Trinajstić information content (AvgIpc) is 1.93. The van der Waals surface area contributed by atoms with Crippen molar-refractivity contribution in [3.63, 3.8) is 0 Å². The van der Waals surface area contributed by atoms with Crippen LogP contribution in [0, 0.1) is 5.21 Å². The summed E-state index contributed by atoms with van der Waals surface area (Å²) in [6.07, 6.45) is 1.19. The van der Waals surface area contributed by atoms with Gasteiger partial charge in [0.15, 0.2) is 6.20 Å². The average molecular weight is 177 g/mol. The first kappa shape index (κ1) is 8.26. The molecule has 1 aromatic heterocycles. The van der Waals surface area contributed by atoms with Gasteiger partial charge in [-0.1, -0.05) is 0 Å². The van der Waals surface area contributed by atoms with Crippen molar-refractivity contribution in [3.8, 4) is 0 Å². The van der Waals surface area contributed by atoms with Gasteiger partial charge in [-0.25, -0.2) is 0 Å². The Kier molecular flexibility index (Phi) is 2.64. The molecule has 0 aromatic carbocycles. The molecule has 0 fully saturated rings. The molecule has 0 aliphatic carbocycles. The molecule has 0 radical (unpaired) electrons. The van der Waals surface area contributed by atoms with Gasteiger partial charge in [0.2, 0.25) is 0 Å².